The molecule has 208 valence electrons. The second kappa shape index (κ2) is 17.2. The van der Waals surface area contributed by atoms with E-state index in [4.69, 9.17) is 18.9 Å². The van der Waals surface area contributed by atoms with Crippen molar-refractivity contribution < 1.29 is 76.3 Å². The fourth-order valence-corrected chi connectivity index (χ4v) is 2.11. The Kier molecular flexibility index (Phi) is 15.3. The number of hydrogen-bond acceptors (Lipinski definition) is 16. The van der Waals surface area contributed by atoms with E-state index in [9.17, 15) is 38.4 Å². The molecule has 0 radical (unpaired) electrons. The minimum atomic E-state index is -3.47. The number of carbonyl (C=O) groups is 8. The van der Waals surface area contributed by atoms with Gasteiger partial charge in [0.15, 0.2) is 0 Å². The fourth-order valence-electron chi connectivity index (χ4n) is 2.11. The second-order valence-electron chi connectivity index (χ2n) is 6.70. The SMILES string of the molecule is COC(=O)CCC(=O)OC(OC(=O)CCC(=O)OC)(OC(=O)CCC(=O)OC)OC(=O)CCC(=O)OC. The molecule has 0 heterocycles. The van der Waals surface area contributed by atoms with E-state index in [-0.39, 0.29) is 0 Å². The van der Waals surface area contributed by atoms with E-state index in [0.717, 1.165) is 28.4 Å². The molecule has 0 rings (SSSR count). The smallest absolute Gasteiger partial charge is 0.469 e. The Bertz CT molecular complexity index is 719. The van der Waals surface area contributed by atoms with Crippen LogP contribution in [-0.4, -0.2) is 82.4 Å². The number of hydrogen-bond donors (Lipinski definition) is 0. The van der Waals surface area contributed by atoms with Gasteiger partial charge in [0.25, 0.3) is 0 Å². The first-order chi connectivity index (χ1) is 17.4. The summed E-state index contributed by atoms with van der Waals surface area (Å²) < 4.78 is 36.8. The summed E-state index contributed by atoms with van der Waals surface area (Å²) in [5.41, 5.74) is 0. The van der Waals surface area contributed by atoms with Crippen molar-refractivity contribution in [2.75, 3.05) is 28.4 Å². The molecular weight excluding hydrogens is 508 g/mol. The van der Waals surface area contributed by atoms with Crippen LogP contribution in [-0.2, 0) is 76.3 Å². The van der Waals surface area contributed by atoms with E-state index >= 15 is 0 Å². The summed E-state index contributed by atoms with van der Waals surface area (Å²) >= 11 is 0. The lowest BCUT2D eigenvalue weighted by Crippen LogP contribution is -2.48. The van der Waals surface area contributed by atoms with Gasteiger partial charge in [0.1, 0.15) is 0 Å². The van der Waals surface area contributed by atoms with Gasteiger partial charge in [0, 0.05) is 0 Å². The van der Waals surface area contributed by atoms with Crippen LogP contribution in [0.5, 0.6) is 0 Å². The normalized spacial score (nSPS) is 10.3. The Balaban J connectivity index is 5.97. The molecule has 16 heteroatoms. The van der Waals surface area contributed by atoms with Gasteiger partial charge in [0.2, 0.25) is 0 Å². The lowest BCUT2D eigenvalue weighted by atomic mass is 10.3. The molecule has 0 aromatic heterocycles. The topological polar surface area (TPSA) is 210 Å². The van der Waals surface area contributed by atoms with Gasteiger partial charge in [-0.2, -0.15) is 0 Å². The first-order valence-electron chi connectivity index (χ1n) is 10.5. The average molecular weight is 536 g/mol. The quantitative estimate of drug-likeness (QED) is 0.139. The molecule has 16 nitrogen and oxygen atoms in total. The summed E-state index contributed by atoms with van der Waals surface area (Å²) in [5.74, 6) is -8.74. The summed E-state index contributed by atoms with van der Waals surface area (Å²) in [7, 11) is 4.20. The maximum absolute atomic E-state index is 12.3. The molecule has 0 N–H and O–H groups in total. The highest BCUT2D eigenvalue weighted by Crippen LogP contribution is 2.23. The van der Waals surface area contributed by atoms with E-state index in [1.54, 1.807) is 0 Å². The van der Waals surface area contributed by atoms with Gasteiger partial charge in [-0.15, -0.1) is 0 Å². The minimum Gasteiger partial charge on any atom is -0.469 e. The molecule has 0 aliphatic heterocycles. The van der Waals surface area contributed by atoms with Gasteiger partial charge in [-0.25, -0.2) is 0 Å². The number of methoxy groups -OCH3 is 4. The molecule has 0 aromatic carbocycles. The summed E-state index contributed by atoms with van der Waals surface area (Å²) in [4.78, 5) is 94.7. The Morgan fingerprint density at radius 1 is 0.351 bits per heavy atom. The minimum absolute atomic E-state index is 0.520. The third-order valence-corrected chi connectivity index (χ3v) is 4.00. The van der Waals surface area contributed by atoms with Crippen LogP contribution in [0.1, 0.15) is 51.4 Å². The van der Waals surface area contributed by atoms with E-state index in [2.05, 4.69) is 18.9 Å². The van der Waals surface area contributed by atoms with Crippen molar-refractivity contribution in [1.82, 2.24) is 0 Å². The molecule has 0 amide bonds. The monoisotopic (exact) mass is 536 g/mol. The molecule has 0 spiro atoms. The van der Waals surface area contributed by atoms with Crippen LogP contribution in [0.15, 0.2) is 0 Å². The molecular formula is C21H28O16. The standard InChI is InChI=1S/C21H28O16/c1-30-13(22)5-9-17(26)34-21(35-18(27)10-6-14(23)31-2,36-19(28)11-7-15(24)32-3)37-20(29)12-8-16(25)33-4/h5-12H2,1-4H3. The number of rotatable bonds is 16. The highest BCUT2D eigenvalue weighted by molar-refractivity contribution is 5.82. The van der Waals surface area contributed by atoms with Crippen molar-refractivity contribution in [3.05, 3.63) is 0 Å². The molecule has 0 saturated carbocycles. The summed E-state index contributed by atoms with van der Waals surface area (Å²) in [6.07, 6.45) is -8.35. The summed E-state index contributed by atoms with van der Waals surface area (Å²) in [6.45, 7) is 0. The van der Waals surface area contributed by atoms with E-state index in [1.165, 1.54) is 0 Å². The van der Waals surface area contributed by atoms with Crippen molar-refractivity contribution in [2.24, 2.45) is 0 Å². The van der Waals surface area contributed by atoms with E-state index in [0.29, 0.717) is 0 Å². The summed E-state index contributed by atoms with van der Waals surface area (Å²) in [6, 6.07) is 0. The second-order valence-corrected chi connectivity index (χ2v) is 6.70. The van der Waals surface area contributed by atoms with E-state index < -0.39 is 105 Å². The van der Waals surface area contributed by atoms with Crippen molar-refractivity contribution in [3.8, 4) is 0 Å². The largest absolute Gasteiger partial charge is 0.619 e. The lowest BCUT2D eigenvalue weighted by Gasteiger charge is -2.29. The maximum atomic E-state index is 12.3. The number of carbonyl (C=O) groups excluding carboxylic acids is 8. The Morgan fingerprint density at radius 2 is 0.514 bits per heavy atom. The Hall–Kier alpha value is -4.24. The number of esters is 8. The van der Waals surface area contributed by atoms with Crippen LogP contribution in [0, 0.1) is 0 Å². The van der Waals surface area contributed by atoms with Crippen LogP contribution in [0.2, 0.25) is 0 Å². The van der Waals surface area contributed by atoms with Gasteiger partial charge < -0.3 is 37.9 Å². The van der Waals surface area contributed by atoms with Crippen LogP contribution in [0.3, 0.4) is 0 Å². The van der Waals surface area contributed by atoms with Gasteiger partial charge in [0.05, 0.1) is 79.8 Å². The molecule has 0 fully saturated rings. The zero-order chi connectivity index (χ0) is 28.4. The first-order valence-corrected chi connectivity index (χ1v) is 10.5. The molecule has 0 saturated heterocycles. The number of ether oxygens (including phenoxy) is 8. The van der Waals surface area contributed by atoms with Crippen molar-refractivity contribution in [1.29, 1.82) is 0 Å². The Labute approximate surface area is 210 Å². The third-order valence-electron chi connectivity index (χ3n) is 4.00. The predicted molar refractivity (Wildman–Crippen MR) is 112 cm³/mol. The van der Waals surface area contributed by atoms with E-state index in [1.807, 2.05) is 0 Å². The molecule has 0 unspecified atom stereocenters. The molecule has 0 aliphatic carbocycles. The fraction of sp³-hybridized carbons (Fsp3) is 0.619. The van der Waals surface area contributed by atoms with Gasteiger partial charge in [-0.05, 0) is 0 Å². The van der Waals surface area contributed by atoms with Crippen LogP contribution in [0.4, 0.5) is 0 Å². The Morgan fingerprint density at radius 3 is 0.676 bits per heavy atom. The average Bonchev–Trinajstić information content (AvgIpc) is 2.86. The van der Waals surface area contributed by atoms with Crippen molar-refractivity contribution in [3.63, 3.8) is 0 Å². The first kappa shape index (κ1) is 32.8. The highest BCUT2D eigenvalue weighted by Gasteiger charge is 2.49. The van der Waals surface area contributed by atoms with Crippen LogP contribution in [0.25, 0.3) is 0 Å². The maximum Gasteiger partial charge on any atom is 0.619 e. The van der Waals surface area contributed by atoms with Gasteiger partial charge >= 0.3 is 53.9 Å². The van der Waals surface area contributed by atoms with Crippen LogP contribution >= 0.6 is 0 Å². The van der Waals surface area contributed by atoms with Crippen molar-refractivity contribution >= 4 is 47.8 Å². The molecule has 0 aliphatic rings. The lowest BCUT2D eigenvalue weighted by molar-refractivity contribution is -0.432. The van der Waals surface area contributed by atoms with Crippen LogP contribution < -0.4 is 0 Å². The molecule has 0 bridgehead atoms. The van der Waals surface area contributed by atoms with Gasteiger partial charge in [-0.1, -0.05) is 0 Å². The molecule has 0 atom stereocenters. The zero-order valence-corrected chi connectivity index (χ0v) is 20.7. The van der Waals surface area contributed by atoms with Crippen molar-refractivity contribution in [2.45, 2.75) is 57.5 Å². The molecule has 0 aromatic rings. The third kappa shape index (κ3) is 14.7. The molecule has 37 heavy (non-hydrogen) atoms. The predicted octanol–water partition coefficient (Wildman–Crippen LogP) is -0.417. The highest BCUT2D eigenvalue weighted by atomic mass is 17.0. The summed E-state index contributed by atoms with van der Waals surface area (Å²) in [5, 5.41) is 0. The van der Waals surface area contributed by atoms with Gasteiger partial charge in [-0.3, -0.25) is 38.4 Å². The zero-order valence-electron chi connectivity index (χ0n) is 20.7.